The van der Waals surface area contributed by atoms with Crippen LogP contribution in [0.15, 0.2) is 30.6 Å². The first-order valence-corrected chi connectivity index (χ1v) is 6.60. The Labute approximate surface area is 118 Å². The number of imidazole rings is 1. The largest absolute Gasteiger partial charge is 0.493 e. The van der Waals surface area contributed by atoms with Gasteiger partial charge in [0.15, 0.2) is 0 Å². The highest BCUT2D eigenvalue weighted by molar-refractivity contribution is 5.75. The maximum atomic E-state index is 11.6. The number of hydrogen-bond donors (Lipinski definition) is 2. The fourth-order valence-corrected chi connectivity index (χ4v) is 1.73. The van der Waals surface area contributed by atoms with Crippen molar-refractivity contribution in [2.24, 2.45) is 0 Å². The van der Waals surface area contributed by atoms with E-state index in [4.69, 9.17) is 4.74 Å². The molecule has 0 unspecified atom stereocenters. The van der Waals surface area contributed by atoms with Crippen molar-refractivity contribution < 1.29 is 9.53 Å². The van der Waals surface area contributed by atoms with Gasteiger partial charge in [0, 0.05) is 12.4 Å². The quantitative estimate of drug-likeness (QED) is 0.847. The van der Waals surface area contributed by atoms with Crippen LogP contribution in [0.4, 0.5) is 0 Å². The van der Waals surface area contributed by atoms with E-state index in [1.165, 1.54) is 11.1 Å². The molecule has 0 radical (unpaired) electrons. The van der Waals surface area contributed by atoms with E-state index < -0.39 is 0 Å². The molecule has 2 N–H and O–H groups in total. The van der Waals surface area contributed by atoms with E-state index in [0.29, 0.717) is 19.6 Å². The van der Waals surface area contributed by atoms with Crippen LogP contribution in [0, 0.1) is 13.8 Å². The number of ether oxygens (including phenoxy) is 1. The Morgan fingerprint density at radius 1 is 1.35 bits per heavy atom. The lowest BCUT2D eigenvalue weighted by molar-refractivity contribution is -0.121. The van der Waals surface area contributed by atoms with Crippen molar-refractivity contribution in [3.8, 4) is 5.75 Å². The molecule has 0 atom stereocenters. The average Bonchev–Trinajstić information content (AvgIpc) is 2.94. The number of aryl methyl sites for hydroxylation is 2. The molecule has 0 spiro atoms. The summed E-state index contributed by atoms with van der Waals surface area (Å²) in [4.78, 5) is 18.6. The molecule has 106 valence electrons. The van der Waals surface area contributed by atoms with Crippen molar-refractivity contribution in [2.45, 2.75) is 26.8 Å². The molecule has 0 fully saturated rings. The van der Waals surface area contributed by atoms with Crippen LogP contribution < -0.4 is 10.1 Å². The Morgan fingerprint density at radius 2 is 2.20 bits per heavy atom. The normalized spacial score (nSPS) is 10.3. The van der Waals surface area contributed by atoms with Crippen LogP contribution in [0.1, 0.15) is 23.4 Å². The predicted molar refractivity (Wildman–Crippen MR) is 76.5 cm³/mol. The van der Waals surface area contributed by atoms with E-state index in [1.807, 2.05) is 25.1 Å². The van der Waals surface area contributed by atoms with Crippen molar-refractivity contribution in [3.05, 3.63) is 47.5 Å². The number of amides is 1. The smallest absolute Gasteiger partial charge is 0.223 e. The summed E-state index contributed by atoms with van der Waals surface area (Å²) in [6.45, 7) is 4.88. The van der Waals surface area contributed by atoms with Gasteiger partial charge in [-0.1, -0.05) is 6.07 Å². The summed E-state index contributed by atoms with van der Waals surface area (Å²) >= 11 is 0. The second-order valence-corrected chi connectivity index (χ2v) is 4.66. The minimum Gasteiger partial charge on any atom is -0.493 e. The first-order valence-electron chi connectivity index (χ1n) is 6.60. The first kappa shape index (κ1) is 14.1. The summed E-state index contributed by atoms with van der Waals surface area (Å²) in [5, 5.41) is 2.78. The Bertz CT molecular complexity index is 565. The number of aromatic nitrogens is 2. The molecule has 0 saturated heterocycles. The highest BCUT2D eigenvalue weighted by Gasteiger charge is 2.03. The molecule has 0 bridgehead atoms. The molecule has 1 aromatic carbocycles. The Hall–Kier alpha value is -2.30. The van der Waals surface area contributed by atoms with Crippen LogP contribution in [0.25, 0.3) is 0 Å². The number of rotatable bonds is 6. The molecule has 1 aromatic heterocycles. The minimum atomic E-state index is -0.0507. The molecule has 5 heteroatoms. The van der Waals surface area contributed by atoms with Gasteiger partial charge in [0.2, 0.25) is 5.91 Å². The summed E-state index contributed by atoms with van der Waals surface area (Å²) in [7, 11) is 0. The van der Waals surface area contributed by atoms with E-state index in [9.17, 15) is 4.79 Å². The number of carbonyl (C=O) groups is 1. The van der Waals surface area contributed by atoms with E-state index in [0.717, 1.165) is 11.6 Å². The van der Waals surface area contributed by atoms with Crippen LogP contribution in [0.2, 0.25) is 0 Å². The zero-order valence-corrected chi connectivity index (χ0v) is 11.8. The van der Waals surface area contributed by atoms with Crippen molar-refractivity contribution in [2.75, 3.05) is 6.61 Å². The zero-order chi connectivity index (χ0) is 14.4. The lowest BCUT2D eigenvalue weighted by Crippen LogP contribution is -2.24. The van der Waals surface area contributed by atoms with E-state index >= 15 is 0 Å². The summed E-state index contributed by atoms with van der Waals surface area (Å²) in [5.74, 6) is 1.49. The molecule has 20 heavy (non-hydrogen) atoms. The van der Waals surface area contributed by atoms with Crippen LogP contribution >= 0.6 is 0 Å². The molecule has 2 aromatic rings. The van der Waals surface area contributed by atoms with Gasteiger partial charge in [-0.15, -0.1) is 0 Å². The van der Waals surface area contributed by atoms with Gasteiger partial charge in [-0.25, -0.2) is 4.98 Å². The van der Waals surface area contributed by atoms with Crippen molar-refractivity contribution in [3.63, 3.8) is 0 Å². The highest BCUT2D eigenvalue weighted by Crippen LogP contribution is 2.16. The summed E-state index contributed by atoms with van der Waals surface area (Å²) in [5.41, 5.74) is 2.42. The summed E-state index contributed by atoms with van der Waals surface area (Å²) in [6.07, 6.45) is 3.71. The molecule has 0 saturated carbocycles. The van der Waals surface area contributed by atoms with Crippen molar-refractivity contribution in [1.82, 2.24) is 15.3 Å². The van der Waals surface area contributed by atoms with Gasteiger partial charge >= 0.3 is 0 Å². The van der Waals surface area contributed by atoms with Gasteiger partial charge < -0.3 is 15.0 Å². The molecular formula is C15H19N3O2. The molecule has 0 aliphatic rings. The lowest BCUT2D eigenvalue weighted by Gasteiger charge is -2.08. The number of benzene rings is 1. The number of nitrogens with zero attached hydrogens (tertiary/aromatic N) is 1. The molecule has 1 amide bonds. The number of nitrogens with one attached hydrogen (secondary N) is 2. The van der Waals surface area contributed by atoms with E-state index in [-0.39, 0.29) is 5.91 Å². The van der Waals surface area contributed by atoms with E-state index in [2.05, 4.69) is 22.2 Å². The SMILES string of the molecule is Cc1ccc(OCCC(=O)NCc2ncc[nH]2)cc1C. The Kier molecular flexibility index (Phi) is 4.76. The summed E-state index contributed by atoms with van der Waals surface area (Å²) < 4.78 is 5.57. The van der Waals surface area contributed by atoms with Crippen LogP contribution in [-0.2, 0) is 11.3 Å². The second-order valence-electron chi connectivity index (χ2n) is 4.66. The topological polar surface area (TPSA) is 67.0 Å². The fourth-order valence-electron chi connectivity index (χ4n) is 1.73. The molecule has 0 aliphatic carbocycles. The minimum absolute atomic E-state index is 0.0507. The van der Waals surface area contributed by atoms with Gasteiger partial charge in [-0.2, -0.15) is 0 Å². The third-order valence-corrected chi connectivity index (χ3v) is 3.08. The predicted octanol–water partition coefficient (Wildman–Crippen LogP) is 2.11. The molecular weight excluding hydrogens is 254 g/mol. The maximum absolute atomic E-state index is 11.6. The first-order chi connectivity index (χ1) is 9.65. The van der Waals surface area contributed by atoms with Crippen molar-refractivity contribution in [1.29, 1.82) is 0 Å². The van der Waals surface area contributed by atoms with Gasteiger partial charge in [0.25, 0.3) is 0 Å². The Morgan fingerprint density at radius 3 is 2.90 bits per heavy atom. The lowest BCUT2D eigenvalue weighted by atomic mass is 10.1. The highest BCUT2D eigenvalue weighted by atomic mass is 16.5. The van der Waals surface area contributed by atoms with Crippen molar-refractivity contribution >= 4 is 5.91 Å². The molecule has 1 heterocycles. The number of aromatic amines is 1. The van der Waals surface area contributed by atoms with Gasteiger partial charge in [-0.05, 0) is 37.1 Å². The number of H-pyrrole nitrogens is 1. The number of carbonyl (C=O) groups excluding carboxylic acids is 1. The van der Waals surface area contributed by atoms with Crippen LogP contribution in [0.3, 0.4) is 0 Å². The molecule has 0 aliphatic heterocycles. The maximum Gasteiger partial charge on any atom is 0.223 e. The third-order valence-electron chi connectivity index (χ3n) is 3.08. The fraction of sp³-hybridized carbons (Fsp3) is 0.333. The van der Waals surface area contributed by atoms with Crippen LogP contribution in [-0.4, -0.2) is 22.5 Å². The van der Waals surface area contributed by atoms with Crippen LogP contribution in [0.5, 0.6) is 5.75 Å². The standard InChI is InChI=1S/C15H19N3O2/c1-11-3-4-13(9-12(11)2)20-8-5-15(19)18-10-14-16-6-7-17-14/h3-4,6-7,9H,5,8,10H2,1-2H3,(H,16,17)(H,18,19). The van der Waals surface area contributed by atoms with Gasteiger partial charge in [-0.3, -0.25) is 4.79 Å². The third kappa shape index (κ3) is 4.12. The monoisotopic (exact) mass is 273 g/mol. The average molecular weight is 273 g/mol. The van der Waals surface area contributed by atoms with E-state index in [1.54, 1.807) is 12.4 Å². The zero-order valence-electron chi connectivity index (χ0n) is 11.8. The van der Waals surface area contributed by atoms with Gasteiger partial charge in [0.05, 0.1) is 19.6 Å². The molecule has 5 nitrogen and oxygen atoms in total. The van der Waals surface area contributed by atoms with Gasteiger partial charge in [0.1, 0.15) is 11.6 Å². The Balaban J connectivity index is 1.69. The summed E-state index contributed by atoms with van der Waals surface area (Å²) in [6, 6.07) is 5.92. The number of hydrogen-bond acceptors (Lipinski definition) is 3. The molecule has 2 rings (SSSR count). The second kappa shape index (κ2) is 6.75.